The lowest BCUT2D eigenvalue weighted by atomic mass is 10.1. The predicted molar refractivity (Wildman–Crippen MR) is 68.4 cm³/mol. The van der Waals surface area contributed by atoms with Crippen LogP contribution in [0.15, 0.2) is 18.2 Å². The highest BCUT2D eigenvalue weighted by atomic mass is 79.9. The quantitative estimate of drug-likeness (QED) is 0.436. The number of ketones is 1. The maximum Gasteiger partial charge on any atom is 0.162 e. The van der Waals surface area contributed by atoms with Gasteiger partial charge in [-0.1, -0.05) is 39.1 Å². The van der Waals surface area contributed by atoms with Gasteiger partial charge in [0, 0.05) is 17.3 Å². The Kier molecular flexibility index (Phi) is 5.65. The Morgan fingerprint density at radius 3 is 2.53 bits per heavy atom. The van der Waals surface area contributed by atoms with Crippen molar-refractivity contribution >= 4 is 44.9 Å². The number of carbonyl (C=O) groups excluding carboxylic acids is 1. The second kappa shape index (κ2) is 6.51. The third-order valence-corrected chi connectivity index (χ3v) is 3.33. The molecule has 1 rings (SSSR count). The minimum absolute atomic E-state index is 0.120. The van der Waals surface area contributed by atoms with Gasteiger partial charge in [0.15, 0.2) is 5.78 Å². The number of Topliss-reactive ketones (excluding diaryl/α,β-unsaturated/α-hetero) is 1. The van der Waals surface area contributed by atoms with Gasteiger partial charge in [0.25, 0.3) is 0 Å². The lowest BCUT2D eigenvalue weighted by molar-refractivity contribution is 0.0980. The fourth-order valence-electron chi connectivity index (χ4n) is 1.19. The maximum absolute atomic E-state index is 11.7. The molecule has 15 heavy (non-hydrogen) atoms. The molecule has 0 N–H and O–H groups in total. The molecule has 0 atom stereocenters. The van der Waals surface area contributed by atoms with E-state index in [1.54, 1.807) is 18.2 Å². The van der Waals surface area contributed by atoms with E-state index in [1.807, 2.05) is 0 Å². The Balaban J connectivity index is 2.62. The molecule has 0 fully saturated rings. The molecule has 0 aliphatic carbocycles. The van der Waals surface area contributed by atoms with Crippen LogP contribution in [0, 0.1) is 0 Å². The number of alkyl halides is 1. The van der Waals surface area contributed by atoms with Crippen LogP contribution in [0.3, 0.4) is 0 Å². The summed E-state index contributed by atoms with van der Waals surface area (Å²) in [4.78, 5) is 11.7. The van der Waals surface area contributed by atoms with Crippen molar-refractivity contribution in [2.75, 3.05) is 5.33 Å². The van der Waals surface area contributed by atoms with E-state index in [1.165, 1.54) is 0 Å². The van der Waals surface area contributed by atoms with Gasteiger partial charge in [0.1, 0.15) is 0 Å². The Morgan fingerprint density at radius 1 is 1.20 bits per heavy atom. The van der Waals surface area contributed by atoms with Crippen LogP contribution in [0.4, 0.5) is 0 Å². The van der Waals surface area contributed by atoms with Crippen LogP contribution in [-0.4, -0.2) is 11.1 Å². The van der Waals surface area contributed by atoms with E-state index in [2.05, 4.69) is 15.9 Å². The first kappa shape index (κ1) is 13.0. The molecule has 0 amide bonds. The summed E-state index contributed by atoms with van der Waals surface area (Å²) in [5.41, 5.74) is 0.638. The Labute approximate surface area is 108 Å². The molecule has 0 aliphatic rings. The van der Waals surface area contributed by atoms with Crippen molar-refractivity contribution < 1.29 is 4.79 Å². The van der Waals surface area contributed by atoms with E-state index >= 15 is 0 Å². The Morgan fingerprint density at radius 2 is 1.93 bits per heavy atom. The highest BCUT2D eigenvalue weighted by Gasteiger charge is 2.07. The molecule has 0 heterocycles. The summed E-state index contributed by atoms with van der Waals surface area (Å²) < 4.78 is 0. The first-order valence-corrected chi connectivity index (χ1v) is 6.57. The molecule has 0 unspecified atom stereocenters. The van der Waals surface area contributed by atoms with Gasteiger partial charge in [0.2, 0.25) is 0 Å². The molecule has 0 saturated heterocycles. The molecule has 0 aromatic heterocycles. The zero-order valence-electron chi connectivity index (χ0n) is 8.10. The molecular weight excluding hydrogens is 299 g/mol. The number of hydrogen-bond donors (Lipinski definition) is 0. The van der Waals surface area contributed by atoms with Crippen LogP contribution >= 0.6 is 39.1 Å². The van der Waals surface area contributed by atoms with Crippen LogP contribution in [0.5, 0.6) is 0 Å². The second-order valence-corrected chi connectivity index (χ2v) is 4.81. The number of hydrogen-bond acceptors (Lipinski definition) is 1. The van der Waals surface area contributed by atoms with Gasteiger partial charge >= 0.3 is 0 Å². The molecule has 1 aromatic rings. The SMILES string of the molecule is O=C(CCCCBr)c1ccc(Cl)c(Cl)c1. The predicted octanol–water partition coefficient (Wildman–Crippen LogP) is 4.74. The van der Waals surface area contributed by atoms with Gasteiger partial charge in [-0.2, -0.15) is 0 Å². The normalized spacial score (nSPS) is 10.3. The standard InChI is InChI=1S/C11H11BrCl2O/c12-6-2-1-3-11(15)8-4-5-9(13)10(14)7-8/h4-5,7H,1-3,6H2. The van der Waals surface area contributed by atoms with E-state index < -0.39 is 0 Å². The summed E-state index contributed by atoms with van der Waals surface area (Å²) in [5, 5.41) is 1.85. The van der Waals surface area contributed by atoms with Gasteiger partial charge in [-0.15, -0.1) is 0 Å². The molecule has 0 aliphatic heterocycles. The highest BCUT2D eigenvalue weighted by Crippen LogP contribution is 2.23. The molecule has 0 spiro atoms. The van der Waals surface area contributed by atoms with Gasteiger partial charge in [-0.25, -0.2) is 0 Å². The number of unbranched alkanes of at least 4 members (excludes halogenated alkanes) is 1. The number of benzene rings is 1. The first-order chi connectivity index (χ1) is 7.15. The smallest absolute Gasteiger partial charge is 0.162 e. The van der Waals surface area contributed by atoms with Crippen molar-refractivity contribution in [2.24, 2.45) is 0 Å². The van der Waals surface area contributed by atoms with Crippen molar-refractivity contribution in [1.29, 1.82) is 0 Å². The van der Waals surface area contributed by atoms with Gasteiger partial charge in [-0.3, -0.25) is 4.79 Å². The topological polar surface area (TPSA) is 17.1 Å². The van der Waals surface area contributed by atoms with Crippen molar-refractivity contribution in [1.82, 2.24) is 0 Å². The highest BCUT2D eigenvalue weighted by molar-refractivity contribution is 9.09. The molecule has 0 saturated carbocycles. The molecule has 0 bridgehead atoms. The lowest BCUT2D eigenvalue weighted by Gasteiger charge is -2.02. The molecule has 82 valence electrons. The van der Waals surface area contributed by atoms with Gasteiger partial charge in [0.05, 0.1) is 10.0 Å². The zero-order valence-corrected chi connectivity index (χ0v) is 11.2. The van der Waals surface area contributed by atoms with Crippen molar-refractivity contribution in [3.05, 3.63) is 33.8 Å². The molecule has 0 radical (unpaired) electrons. The maximum atomic E-state index is 11.7. The van der Waals surface area contributed by atoms with E-state index in [9.17, 15) is 4.79 Å². The summed E-state index contributed by atoms with van der Waals surface area (Å²) in [6, 6.07) is 4.99. The Hall–Kier alpha value is -0.0500. The fourth-order valence-corrected chi connectivity index (χ4v) is 1.89. The van der Waals surface area contributed by atoms with Gasteiger partial charge in [-0.05, 0) is 31.0 Å². The number of rotatable bonds is 5. The molecule has 1 nitrogen and oxygen atoms in total. The zero-order chi connectivity index (χ0) is 11.3. The first-order valence-electron chi connectivity index (χ1n) is 4.69. The summed E-state index contributed by atoms with van der Waals surface area (Å²) >= 11 is 14.9. The van der Waals surface area contributed by atoms with Crippen LogP contribution in [-0.2, 0) is 0 Å². The summed E-state index contributed by atoms with van der Waals surface area (Å²) in [6.07, 6.45) is 2.46. The van der Waals surface area contributed by atoms with Gasteiger partial charge < -0.3 is 0 Å². The van der Waals surface area contributed by atoms with E-state index in [-0.39, 0.29) is 5.78 Å². The summed E-state index contributed by atoms with van der Waals surface area (Å²) in [6.45, 7) is 0. The minimum Gasteiger partial charge on any atom is -0.294 e. The largest absolute Gasteiger partial charge is 0.294 e. The van der Waals surface area contributed by atoms with Crippen molar-refractivity contribution in [3.63, 3.8) is 0 Å². The van der Waals surface area contributed by atoms with Crippen LogP contribution in [0.2, 0.25) is 10.0 Å². The molecular formula is C11H11BrCl2O. The average Bonchev–Trinajstić information content (AvgIpc) is 2.22. The third kappa shape index (κ3) is 4.13. The van der Waals surface area contributed by atoms with Crippen molar-refractivity contribution in [3.8, 4) is 0 Å². The molecule has 1 aromatic carbocycles. The fraction of sp³-hybridized carbons (Fsp3) is 0.364. The molecule has 4 heteroatoms. The summed E-state index contributed by atoms with van der Waals surface area (Å²) in [7, 11) is 0. The van der Waals surface area contributed by atoms with E-state index in [4.69, 9.17) is 23.2 Å². The lowest BCUT2D eigenvalue weighted by Crippen LogP contribution is -1.98. The average molecular weight is 310 g/mol. The number of carbonyl (C=O) groups is 1. The van der Waals surface area contributed by atoms with Crippen LogP contribution < -0.4 is 0 Å². The van der Waals surface area contributed by atoms with E-state index in [0.29, 0.717) is 22.0 Å². The van der Waals surface area contributed by atoms with Crippen LogP contribution in [0.1, 0.15) is 29.6 Å². The minimum atomic E-state index is 0.120. The Bertz CT molecular complexity index is 352. The van der Waals surface area contributed by atoms with E-state index in [0.717, 1.165) is 18.2 Å². The monoisotopic (exact) mass is 308 g/mol. The second-order valence-electron chi connectivity index (χ2n) is 3.20. The number of halogens is 3. The summed E-state index contributed by atoms with van der Waals surface area (Å²) in [5.74, 6) is 0.120. The van der Waals surface area contributed by atoms with Crippen LogP contribution in [0.25, 0.3) is 0 Å². The van der Waals surface area contributed by atoms with Crippen molar-refractivity contribution in [2.45, 2.75) is 19.3 Å². The third-order valence-electron chi connectivity index (χ3n) is 2.03.